The summed E-state index contributed by atoms with van der Waals surface area (Å²) >= 11 is 0. The predicted molar refractivity (Wildman–Crippen MR) is 155 cm³/mol. The zero-order chi connectivity index (χ0) is 28.2. The standard InChI is InChI=1S/C33H34N2O4/c1-19-12-14-22(16-20(19)2)35-29(25-18-34(6)26-11-9-8-10-23(25)26)28(31(37)32(35)38)30(36)24-17-21(33(3,4)5)13-15-27(24)39-7/h8-18,29,36H,1-7H3/b30-28+. The normalized spacial score (nSPS) is 17.3. The second-order valence-electron chi connectivity index (χ2n) is 11.3. The third kappa shape index (κ3) is 4.30. The molecule has 0 spiro atoms. The molecule has 0 saturated carbocycles. The quantitative estimate of drug-likeness (QED) is 0.183. The van der Waals surface area contributed by atoms with Crippen molar-refractivity contribution in [2.45, 2.75) is 46.1 Å². The van der Waals surface area contributed by atoms with Crippen molar-refractivity contribution >= 4 is 34.0 Å². The van der Waals surface area contributed by atoms with Crippen molar-refractivity contribution in [3.63, 3.8) is 0 Å². The van der Waals surface area contributed by atoms with Gasteiger partial charge in [0.05, 0.1) is 24.3 Å². The fourth-order valence-corrected chi connectivity index (χ4v) is 5.36. The van der Waals surface area contributed by atoms with Gasteiger partial charge in [0.15, 0.2) is 0 Å². The van der Waals surface area contributed by atoms with Gasteiger partial charge < -0.3 is 14.4 Å². The molecule has 1 atom stereocenters. The molecule has 1 fully saturated rings. The van der Waals surface area contributed by atoms with Crippen LogP contribution >= 0.6 is 0 Å². The van der Waals surface area contributed by atoms with Gasteiger partial charge in [0.1, 0.15) is 11.5 Å². The minimum Gasteiger partial charge on any atom is -0.507 e. The SMILES string of the molecule is COc1ccc(C(C)(C)C)cc1/C(O)=C1\C(=O)C(=O)N(c2ccc(C)c(C)c2)C1c1cn(C)c2ccccc12. The lowest BCUT2D eigenvalue weighted by Crippen LogP contribution is -2.29. The lowest BCUT2D eigenvalue weighted by Gasteiger charge is -2.26. The third-order valence-corrected chi connectivity index (χ3v) is 7.76. The summed E-state index contributed by atoms with van der Waals surface area (Å²) in [4.78, 5) is 29.1. The van der Waals surface area contributed by atoms with Gasteiger partial charge in [-0.3, -0.25) is 14.5 Å². The summed E-state index contributed by atoms with van der Waals surface area (Å²) in [6.45, 7) is 10.2. The molecular weight excluding hydrogens is 488 g/mol. The molecular formula is C33H34N2O4. The number of aliphatic hydroxyl groups excluding tert-OH is 1. The van der Waals surface area contributed by atoms with E-state index in [1.807, 2.05) is 86.3 Å². The Morgan fingerprint density at radius 3 is 2.33 bits per heavy atom. The number of para-hydroxylation sites is 1. The fourth-order valence-electron chi connectivity index (χ4n) is 5.36. The van der Waals surface area contributed by atoms with Gasteiger partial charge in [0.2, 0.25) is 0 Å². The summed E-state index contributed by atoms with van der Waals surface area (Å²) in [5.74, 6) is -1.23. The first-order valence-electron chi connectivity index (χ1n) is 13.0. The number of ketones is 1. The van der Waals surface area contributed by atoms with Crippen molar-refractivity contribution in [2.24, 2.45) is 7.05 Å². The third-order valence-electron chi connectivity index (χ3n) is 7.76. The molecule has 6 nitrogen and oxygen atoms in total. The summed E-state index contributed by atoms with van der Waals surface area (Å²) < 4.78 is 7.58. The van der Waals surface area contributed by atoms with Crippen LogP contribution in [0.2, 0.25) is 0 Å². The van der Waals surface area contributed by atoms with Crippen LogP contribution in [0.4, 0.5) is 5.69 Å². The largest absolute Gasteiger partial charge is 0.507 e. The predicted octanol–water partition coefficient (Wildman–Crippen LogP) is 6.73. The first kappa shape index (κ1) is 26.3. The van der Waals surface area contributed by atoms with Gasteiger partial charge in [-0.1, -0.05) is 51.1 Å². The number of nitrogens with zero attached hydrogens (tertiary/aromatic N) is 2. The number of hydrogen-bond acceptors (Lipinski definition) is 4. The number of aromatic nitrogens is 1. The Morgan fingerprint density at radius 1 is 0.949 bits per heavy atom. The highest BCUT2D eigenvalue weighted by Gasteiger charge is 2.48. The first-order chi connectivity index (χ1) is 18.4. The molecule has 0 bridgehead atoms. The molecule has 4 aromatic rings. The van der Waals surface area contributed by atoms with Crippen LogP contribution in [0.3, 0.4) is 0 Å². The van der Waals surface area contributed by atoms with Gasteiger partial charge in [0, 0.05) is 35.4 Å². The number of aliphatic hydroxyl groups is 1. The topological polar surface area (TPSA) is 71.8 Å². The molecule has 1 amide bonds. The van der Waals surface area contributed by atoms with E-state index in [1.165, 1.54) is 12.0 Å². The number of ether oxygens (including phenoxy) is 1. The maximum absolute atomic E-state index is 13.8. The van der Waals surface area contributed by atoms with E-state index in [1.54, 1.807) is 6.07 Å². The van der Waals surface area contributed by atoms with Crippen molar-refractivity contribution in [3.8, 4) is 5.75 Å². The Labute approximate surface area is 229 Å². The number of carbonyl (C=O) groups is 2. The number of rotatable bonds is 4. The van der Waals surface area contributed by atoms with Gasteiger partial charge in [-0.25, -0.2) is 0 Å². The van der Waals surface area contributed by atoms with E-state index in [9.17, 15) is 14.7 Å². The Morgan fingerprint density at radius 2 is 1.67 bits per heavy atom. The monoisotopic (exact) mass is 522 g/mol. The lowest BCUT2D eigenvalue weighted by atomic mass is 9.85. The van der Waals surface area contributed by atoms with Gasteiger partial charge in [-0.05, 0) is 66.3 Å². The van der Waals surface area contributed by atoms with E-state index >= 15 is 0 Å². The number of methoxy groups -OCH3 is 1. The molecule has 1 unspecified atom stereocenters. The molecule has 2 heterocycles. The summed E-state index contributed by atoms with van der Waals surface area (Å²) in [6, 6.07) is 18.3. The number of carbonyl (C=O) groups excluding carboxylic acids is 2. The van der Waals surface area contributed by atoms with Gasteiger partial charge in [-0.2, -0.15) is 0 Å². The Bertz CT molecular complexity index is 1670. The minimum absolute atomic E-state index is 0.0407. The Hall–Kier alpha value is -4.32. The van der Waals surface area contributed by atoms with E-state index in [-0.39, 0.29) is 16.7 Å². The molecule has 6 heteroatoms. The van der Waals surface area contributed by atoms with Crippen LogP contribution in [0.25, 0.3) is 16.7 Å². The maximum atomic E-state index is 13.8. The molecule has 3 aromatic carbocycles. The van der Waals surface area contributed by atoms with E-state index in [0.717, 1.165) is 33.2 Å². The average molecular weight is 523 g/mol. The molecule has 39 heavy (non-hydrogen) atoms. The highest BCUT2D eigenvalue weighted by atomic mass is 16.5. The zero-order valence-electron chi connectivity index (χ0n) is 23.5. The number of anilines is 1. The van der Waals surface area contributed by atoms with Crippen LogP contribution in [0.15, 0.2) is 72.4 Å². The van der Waals surface area contributed by atoms with E-state index in [0.29, 0.717) is 17.0 Å². The Balaban J connectivity index is 1.84. The summed E-state index contributed by atoms with van der Waals surface area (Å²) in [7, 11) is 3.46. The molecule has 1 aliphatic rings. The zero-order valence-corrected chi connectivity index (χ0v) is 23.5. The van der Waals surface area contributed by atoms with Gasteiger partial charge >= 0.3 is 0 Å². The number of aryl methyl sites for hydroxylation is 3. The van der Waals surface area contributed by atoms with Crippen molar-refractivity contribution in [1.82, 2.24) is 4.57 Å². The highest BCUT2D eigenvalue weighted by molar-refractivity contribution is 6.52. The summed E-state index contributed by atoms with van der Waals surface area (Å²) in [5.41, 5.74) is 5.60. The van der Waals surface area contributed by atoms with Crippen molar-refractivity contribution < 1.29 is 19.4 Å². The van der Waals surface area contributed by atoms with Crippen molar-refractivity contribution in [3.05, 3.63) is 100 Å². The van der Waals surface area contributed by atoms with Crippen LogP contribution in [0.1, 0.15) is 54.6 Å². The molecule has 1 N–H and O–H groups in total. The van der Waals surface area contributed by atoms with Gasteiger partial charge in [-0.15, -0.1) is 0 Å². The highest BCUT2D eigenvalue weighted by Crippen LogP contribution is 2.46. The van der Waals surface area contributed by atoms with E-state index < -0.39 is 17.7 Å². The smallest absolute Gasteiger partial charge is 0.300 e. The number of fused-ring (bicyclic) bond motifs is 1. The summed E-state index contributed by atoms with van der Waals surface area (Å²) in [6.07, 6.45) is 1.94. The van der Waals surface area contributed by atoms with Crippen molar-refractivity contribution in [2.75, 3.05) is 12.0 Å². The van der Waals surface area contributed by atoms with Crippen LogP contribution in [-0.2, 0) is 22.1 Å². The number of amides is 1. The van der Waals surface area contributed by atoms with Crippen LogP contribution in [-0.4, -0.2) is 28.5 Å². The molecule has 200 valence electrons. The minimum atomic E-state index is -0.832. The van der Waals surface area contributed by atoms with Gasteiger partial charge in [0.25, 0.3) is 11.7 Å². The lowest BCUT2D eigenvalue weighted by molar-refractivity contribution is -0.132. The molecule has 5 rings (SSSR count). The van der Waals surface area contributed by atoms with Crippen LogP contribution in [0.5, 0.6) is 5.75 Å². The second-order valence-corrected chi connectivity index (χ2v) is 11.3. The Kier molecular flexibility index (Phi) is 6.37. The molecule has 1 aliphatic heterocycles. The van der Waals surface area contributed by atoms with Crippen molar-refractivity contribution in [1.29, 1.82) is 0 Å². The fraction of sp³-hybridized carbons (Fsp3) is 0.273. The maximum Gasteiger partial charge on any atom is 0.300 e. The van der Waals surface area contributed by atoms with E-state index in [2.05, 4.69) is 20.8 Å². The molecule has 1 saturated heterocycles. The number of benzene rings is 3. The van der Waals surface area contributed by atoms with Crippen LogP contribution < -0.4 is 9.64 Å². The average Bonchev–Trinajstić information content (AvgIpc) is 3.37. The second kappa shape index (κ2) is 9.45. The molecule has 0 aliphatic carbocycles. The summed E-state index contributed by atoms with van der Waals surface area (Å²) in [5, 5.41) is 12.8. The van der Waals surface area contributed by atoms with E-state index in [4.69, 9.17) is 4.74 Å². The molecule has 1 aromatic heterocycles. The first-order valence-corrected chi connectivity index (χ1v) is 13.0. The molecule has 0 radical (unpaired) electrons. The number of Topliss-reactive ketones (excluding diaryl/α,β-unsaturated/α-hetero) is 1. The van der Waals surface area contributed by atoms with Crippen LogP contribution in [0, 0.1) is 13.8 Å². The number of hydrogen-bond donors (Lipinski definition) is 1.